The second-order valence-corrected chi connectivity index (χ2v) is 1.99. The Balaban J connectivity index is 4.41. The third-order valence-corrected chi connectivity index (χ3v) is 1.08. The number of carbonyl (C=O) groups excluding carboxylic acids is 2. The molecule has 74 valence electrons. The van der Waals surface area contributed by atoms with Crippen LogP contribution in [0.15, 0.2) is 11.8 Å². The van der Waals surface area contributed by atoms with Crippen LogP contribution in [-0.2, 0) is 19.1 Å². The Labute approximate surface area is 75.9 Å². The minimum atomic E-state index is -1.60. The Morgan fingerprint density at radius 3 is 2.31 bits per heavy atom. The van der Waals surface area contributed by atoms with Crippen LogP contribution in [0.2, 0.25) is 0 Å². The Kier molecular flexibility index (Phi) is 5.34. The number of esters is 1. The molecule has 0 aromatic carbocycles. The molecule has 0 unspecified atom stereocenters. The van der Waals surface area contributed by atoms with Crippen LogP contribution in [0.1, 0.15) is 13.8 Å². The van der Waals surface area contributed by atoms with Gasteiger partial charge >= 0.3 is 5.97 Å². The summed E-state index contributed by atoms with van der Waals surface area (Å²) in [6.07, 6.45) is 0.827. The van der Waals surface area contributed by atoms with Crippen LogP contribution in [-0.4, -0.2) is 25.2 Å². The van der Waals surface area contributed by atoms with Gasteiger partial charge in [-0.2, -0.15) is 0 Å². The molecule has 0 N–H and O–H groups in total. The van der Waals surface area contributed by atoms with Gasteiger partial charge in [-0.05, 0) is 13.8 Å². The number of hydrogen-bond donors (Lipinski definition) is 0. The Hall–Kier alpha value is -1.52. The van der Waals surface area contributed by atoms with Gasteiger partial charge in [-0.15, -0.1) is 0 Å². The van der Waals surface area contributed by atoms with Gasteiger partial charge in [0.1, 0.15) is 5.57 Å². The standard InChI is InChI=1S/C8H12O5/c1-3-12-5-6(7(9)10)8(11)13-4-2/h5H,3-4H2,1-2H3,(H,9,10)/p-1. The number of rotatable bonds is 5. The van der Waals surface area contributed by atoms with E-state index in [1.165, 1.54) is 0 Å². The van der Waals surface area contributed by atoms with E-state index in [0.29, 0.717) is 0 Å². The van der Waals surface area contributed by atoms with E-state index in [1.54, 1.807) is 13.8 Å². The fourth-order valence-electron chi connectivity index (χ4n) is 0.555. The zero-order valence-electron chi connectivity index (χ0n) is 7.53. The van der Waals surface area contributed by atoms with Crippen LogP contribution in [0.5, 0.6) is 0 Å². The summed E-state index contributed by atoms with van der Waals surface area (Å²) in [4.78, 5) is 21.3. The zero-order valence-corrected chi connectivity index (χ0v) is 7.53. The zero-order chi connectivity index (χ0) is 10.3. The van der Waals surface area contributed by atoms with Crippen molar-refractivity contribution in [1.82, 2.24) is 0 Å². The molecular weight excluding hydrogens is 176 g/mol. The lowest BCUT2D eigenvalue weighted by atomic mass is 10.3. The quantitative estimate of drug-likeness (QED) is 0.185. The molecule has 13 heavy (non-hydrogen) atoms. The molecule has 0 aliphatic heterocycles. The number of carboxylic acid groups (broad SMARTS) is 1. The van der Waals surface area contributed by atoms with Crippen LogP contribution in [0, 0.1) is 0 Å². The highest BCUT2D eigenvalue weighted by atomic mass is 16.5. The van der Waals surface area contributed by atoms with Gasteiger partial charge in [0.05, 0.1) is 25.4 Å². The molecule has 0 aliphatic carbocycles. The molecule has 0 aromatic heterocycles. The van der Waals surface area contributed by atoms with Gasteiger partial charge in [-0.1, -0.05) is 0 Å². The molecule has 0 aromatic rings. The van der Waals surface area contributed by atoms with Crippen LogP contribution in [0.4, 0.5) is 0 Å². The van der Waals surface area contributed by atoms with Gasteiger partial charge in [0.25, 0.3) is 0 Å². The first kappa shape index (κ1) is 11.5. The van der Waals surface area contributed by atoms with Crippen LogP contribution in [0.25, 0.3) is 0 Å². The monoisotopic (exact) mass is 187 g/mol. The molecule has 0 saturated heterocycles. The van der Waals surface area contributed by atoms with E-state index in [9.17, 15) is 14.7 Å². The van der Waals surface area contributed by atoms with Gasteiger partial charge in [0.2, 0.25) is 0 Å². The summed E-state index contributed by atoms with van der Waals surface area (Å²) in [5.74, 6) is -2.55. The maximum absolute atomic E-state index is 10.9. The fourth-order valence-corrected chi connectivity index (χ4v) is 0.555. The molecule has 0 fully saturated rings. The van der Waals surface area contributed by atoms with Gasteiger partial charge < -0.3 is 19.4 Å². The van der Waals surface area contributed by atoms with Crippen molar-refractivity contribution in [3.05, 3.63) is 11.8 Å². The third-order valence-electron chi connectivity index (χ3n) is 1.08. The maximum Gasteiger partial charge on any atom is 0.343 e. The predicted octanol–water partition coefficient (Wildman–Crippen LogP) is -0.780. The van der Waals surface area contributed by atoms with Crippen LogP contribution < -0.4 is 5.11 Å². The maximum atomic E-state index is 10.9. The van der Waals surface area contributed by atoms with E-state index in [2.05, 4.69) is 9.47 Å². The summed E-state index contributed by atoms with van der Waals surface area (Å²) < 4.78 is 9.10. The molecular formula is C8H11O5-. The Morgan fingerprint density at radius 1 is 1.31 bits per heavy atom. The predicted molar refractivity (Wildman–Crippen MR) is 41.3 cm³/mol. The highest BCUT2D eigenvalue weighted by Crippen LogP contribution is 1.97. The molecule has 0 radical (unpaired) electrons. The SMILES string of the molecule is CCOC=C(C(=O)[O-])C(=O)OCC. The lowest BCUT2D eigenvalue weighted by Crippen LogP contribution is -2.30. The van der Waals surface area contributed by atoms with Crippen molar-refractivity contribution in [3.8, 4) is 0 Å². The van der Waals surface area contributed by atoms with Gasteiger partial charge in [-0.3, -0.25) is 0 Å². The van der Waals surface area contributed by atoms with E-state index in [4.69, 9.17) is 0 Å². The molecule has 0 spiro atoms. The molecule has 0 aliphatic rings. The average molecular weight is 187 g/mol. The average Bonchev–Trinajstić information content (AvgIpc) is 2.05. The van der Waals surface area contributed by atoms with E-state index < -0.39 is 17.5 Å². The molecule has 0 atom stereocenters. The number of carboxylic acids is 1. The fraction of sp³-hybridized carbons (Fsp3) is 0.500. The lowest BCUT2D eigenvalue weighted by molar-refractivity contribution is -0.299. The minimum absolute atomic E-state index is 0.107. The normalized spacial score (nSPS) is 10.8. The van der Waals surface area contributed by atoms with Crippen molar-refractivity contribution in [2.75, 3.05) is 13.2 Å². The molecule has 0 heterocycles. The van der Waals surface area contributed by atoms with E-state index in [1.807, 2.05) is 0 Å². The van der Waals surface area contributed by atoms with E-state index in [-0.39, 0.29) is 13.2 Å². The summed E-state index contributed by atoms with van der Waals surface area (Å²) in [5, 5.41) is 10.4. The minimum Gasteiger partial charge on any atom is -0.544 e. The smallest absolute Gasteiger partial charge is 0.343 e. The van der Waals surface area contributed by atoms with Crippen molar-refractivity contribution in [3.63, 3.8) is 0 Å². The second-order valence-electron chi connectivity index (χ2n) is 1.99. The first-order valence-electron chi connectivity index (χ1n) is 3.83. The van der Waals surface area contributed by atoms with Gasteiger partial charge in [0, 0.05) is 0 Å². The number of ether oxygens (including phenoxy) is 2. The van der Waals surface area contributed by atoms with Gasteiger partial charge in [0.15, 0.2) is 0 Å². The Morgan fingerprint density at radius 2 is 1.92 bits per heavy atom. The summed E-state index contributed by atoms with van der Waals surface area (Å²) in [6, 6.07) is 0. The first-order valence-corrected chi connectivity index (χ1v) is 3.83. The van der Waals surface area contributed by atoms with Crippen molar-refractivity contribution >= 4 is 11.9 Å². The topological polar surface area (TPSA) is 75.7 Å². The first-order chi connectivity index (χ1) is 6.13. The number of carbonyl (C=O) groups is 2. The molecule has 0 bridgehead atoms. The second kappa shape index (κ2) is 6.05. The Bertz CT molecular complexity index is 219. The van der Waals surface area contributed by atoms with Crippen molar-refractivity contribution in [2.45, 2.75) is 13.8 Å². The van der Waals surface area contributed by atoms with Crippen molar-refractivity contribution < 1.29 is 24.2 Å². The summed E-state index contributed by atoms with van der Waals surface area (Å²) in [7, 11) is 0. The highest BCUT2D eigenvalue weighted by molar-refractivity contribution is 6.12. The molecule has 5 nitrogen and oxygen atoms in total. The summed E-state index contributed by atoms with van der Waals surface area (Å²) in [5.41, 5.74) is -0.608. The number of aliphatic carboxylic acids is 1. The summed E-state index contributed by atoms with van der Waals surface area (Å²) >= 11 is 0. The molecule has 0 rings (SSSR count). The molecule has 0 amide bonds. The molecule has 0 saturated carbocycles. The van der Waals surface area contributed by atoms with Gasteiger partial charge in [-0.25, -0.2) is 4.79 Å². The van der Waals surface area contributed by atoms with E-state index in [0.717, 1.165) is 6.26 Å². The summed E-state index contributed by atoms with van der Waals surface area (Å²) in [6.45, 7) is 3.62. The van der Waals surface area contributed by atoms with Crippen molar-refractivity contribution in [1.29, 1.82) is 0 Å². The highest BCUT2D eigenvalue weighted by Gasteiger charge is 2.11. The van der Waals surface area contributed by atoms with Crippen molar-refractivity contribution in [2.24, 2.45) is 0 Å². The largest absolute Gasteiger partial charge is 0.544 e. The van der Waals surface area contributed by atoms with Crippen LogP contribution >= 0.6 is 0 Å². The van der Waals surface area contributed by atoms with E-state index >= 15 is 0 Å². The lowest BCUT2D eigenvalue weighted by Gasteiger charge is -2.06. The number of hydrogen-bond acceptors (Lipinski definition) is 5. The van der Waals surface area contributed by atoms with Crippen LogP contribution in [0.3, 0.4) is 0 Å². The molecule has 5 heteroatoms. The third kappa shape index (κ3) is 4.15.